The van der Waals surface area contributed by atoms with Crippen molar-refractivity contribution in [1.82, 2.24) is 9.69 Å². The Hall–Kier alpha value is -5.22. The molecule has 5 rings (SSSR count). The average molecular weight is 566 g/mol. The third kappa shape index (κ3) is 5.59. The van der Waals surface area contributed by atoms with Crippen molar-refractivity contribution in [2.45, 2.75) is 12.6 Å². The van der Waals surface area contributed by atoms with Crippen molar-refractivity contribution in [3.8, 4) is 5.75 Å². The highest BCUT2D eigenvalue weighted by atomic mass is 32.1. The molecule has 0 unspecified atom stereocenters. The summed E-state index contributed by atoms with van der Waals surface area (Å²) in [5.41, 5.74) is 13.2. The summed E-state index contributed by atoms with van der Waals surface area (Å²) in [5.74, 6) is -1.27. The Labute approximate surface area is 240 Å². The number of ether oxygens (including phenoxy) is 1. The number of fused-ring (bicyclic) bond motifs is 1. The molecule has 0 bridgehead atoms. The first-order valence-corrected chi connectivity index (χ1v) is 13.5. The number of primary amides is 1. The fourth-order valence-electron chi connectivity index (χ4n) is 4.61. The van der Waals surface area contributed by atoms with Crippen molar-refractivity contribution in [2.24, 2.45) is 5.73 Å². The number of nitrogen functional groups attached to an aromatic ring is 1. The summed E-state index contributed by atoms with van der Waals surface area (Å²) in [4.78, 5) is 41.8. The molecule has 4 aromatic carbocycles. The van der Waals surface area contributed by atoms with Crippen LogP contribution in [0.15, 0.2) is 97.1 Å². The van der Waals surface area contributed by atoms with Crippen LogP contribution in [0.3, 0.4) is 0 Å². The fourth-order valence-corrected chi connectivity index (χ4v) is 5.35. The highest BCUT2D eigenvalue weighted by Crippen LogP contribution is 2.37. The topological polar surface area (TPSA) is 141 Å². The molecule has 1 atom stereocenters. The lowest BCUT2D eigenvalue weighted by Crippen LogP contribution is -2.44. The van der Waals surface area contributed by atoms with Gasteiger partial charge in [0.25, 0.3) is 11.8 Å². The van der Waals surface area contributed by atoms with E-state index < -0.39 is 23.8 Å². The predicted molar refractivity (Wildman–Crippen MR) is 160 cm³/mol. The molecule has 0 radical (unpaired) electrons. The normalized spacial score (nSPS) is 11.5. The molecule has 41 heavy (non-hydrogen) atoms. The van der Waals surface area contributed by atoms with Crippen LogP contribution >= 0.6 is 11.5 Å². The molecule has 0 spiro atoms. The van der Waals surface area contributed by atoms with Crippen LogP contribution in [0.1, 0.15) is 37.3 Å². The van der Waals surface area contributed by atoms with E-state index in [0.717, 1.165) is 27.9 Å². The van der Waals surface area contributed by atoms with Crippen LogP contribution in [0, 0.1) is 0 Å². The van der Waals surface area contributed by atoms with Gasteiger partial charge in [0.2, 0.25) is 5.91 Å². The van der Waals surface area contributed by atoms with Gasteiger partial charge in [-0.05, 0) is 46.2 Å². The van der Waals surface area contributed by atoms with E-state index in [-0.39, 0.29) is 22.8 Å². The second kappa shape index (κ2) is 11.9. The van der Waals surface area contributed by atoms with E-state index in [1.165, 1.54) is 4.90 Å². The van der Waals surface area contributed by atoms with Crippen molar-refractivity contribution in [3.63, 3.8) is 0 Å². The third-order valence-electron chi connectivity index (χ3n) is 6.65. The van der Waals surface area contributed by atoms with Crippen molar-refractivity contribution in [1.29, 1.82) is 0 Å². The summed E-state index contributed by atoms with van der Waals surface area (Å²) >= 11 is 0.763. The zero-order valence-electron chi connectivity index (χ0n) is 22.1. The van der Waals surface area contributed by atoms with Gasteiger partial charge in [-0.2, -0.15) is 4.37 Å². The van der Waals surface area contributed by atoms with Crippen LogP contribution in [0.25, 0.3) is 10.8 Å². The van der Waals surface area contributed by atoms with E-state index >= 15 is 0 Å². The number of aromatic nitrogens is 1. The number of rotatable bonds is 9. The number of methoxy groups -OCH3 is 1. The molecule has 0 aliphatic rings. The molecule has 5 N–H and O–H groups in total. The third-order valence-corrected chi connectivity index (χ3v) is 7.50. The molecule has 0 fully saturated rings. The average Bonchev–Trinajstić information content (AvgIpc) is 3.40. The first-order chi connectivity index (χ1) is 19.9. The van der Waals surface area contributed by atoms with Crippen LogP contribution in [0.4, 0.5) is 11.4 Å². The summed E-state index contributed by atoms with van der Waals surface area (Å²) in [6.07, 6.45) is 0. The van der Waals surface area contributed by atoms with Crippen LogP contribution in [-0.2, 0) is 11.3 Å². The number of hydrogen-bond acceptors (Lipinski definition) is 7. The number of anilines is 2. The first kappa shape index (κ1) is 27.4. The molecular formula is C31H27N5O4S. The Kier molecular flexibility index (Phi) is 7.93. The van der Waals surface area contributed by atoms with E-state index in [1.54, 1.807) is 37.4 Å². The molecule has 9 nitrogen and oxygen atoms in total. The first-order valence-electron chi connectivity index (χ1n) is 12.7. The monoisotopic (exact) mass is 565 g/mol. The van der Waals surface area contributed by atoms with Gasteiger partial charge < -0.3 is 21.5 Å². The SMILES string of the molecule is COc1ccc([C@@H](C(=O)NCc2ccccc2)N(C(=O)c2snc(C(N)=O)c2N)c2cccc3ccccc23)cc1. The van der Waals surface area contributed by atoms with E-state index in [1.807, 2.05) is 66.7 Å². The molecule has 3 amide bonds. The van der Waals surface area contributed by atoms with Gasteiger partial charge in [-0.25, -0.2) is 0 Å². The van der Waals surface area contributed by atoms with Gasteiger partial charge in [-0.15, -0.1) is 0 Å². The second-order valence-electron chi connectivity index (χ2n) is 9.19. The largest absolute Gasteiger partial charge is 0.497 e. The lowest BCUT2D eigenvalue weighted by Gasteiger charge is -2.32. The second-order valence-corrected chi connectivity index (χ2v) is 9.96. The number of hydrogen-bond donors (Lipinski definition) is 3. The lowest BCUT2D eigenvalue weighted by molar-refractivity contribution is -0.122. The Bertz CT molecular complexity index is 1710. The number of nitrogens with two attached hydrogens (primary N) is 2. The Morgan fingerprint density at radius 1 is 0.927 bits per heavy atom. The van der Waals surface area contributed by atoms with Gasteiger partial charge in [-0.3, -0.25) is 19.3 Å². The Morgan fingerprint density at radius 2 is 1.61 bits per heavy atom. The molecule has 0 aliphatic heterocycles. The number of nitrogens with zero attached hydrogens (tertiary/aromatic N) is 2. The molecule has 5 aromatic rings. The number of amides is 3. The van der Waals surface area contributed by atoms with Crippen molar-refractivity contribution >= 4 is 51.4 Å². The van der Waals surface area contributed by atoms with E-state index in [9.17, 15) is 14.4 Å². The van der Waals surface area contributed by atoms with Gasteiger partial charge in [0.1, 0.15) is 16.7 Å². The van der Waals surface area contributed by atoms with Crippen molar-refractivity contribution < 1.29 is 19.1 Å². The number of carbonyl (C=O) groups excluding carboxylic acids is 3. The molecule has 1 aromatic heterocycles. The Morgan fingerprint density at radius 3 is 2.29 bits per heavy atom. The van der Waals surface area contributed by atoms with E-state index in [2.05, 4.69) is 9.69 Å². The van der Waals surface area contributed by atoms with Gasteiger partial charge in [0.15, 0.2) is 5.69 Å². The maximum absolute atomic E-state index is 14.4. The summed E-state index contributed by atoms with van der Waals surface area (Å²) in [5, 5.41) is 4.60. The number of nitrogens with one attached hydrogen (secondary N) is 1. The van der Waals surface area contributed by atoms with Gasteiger partial charge >= 0.3 is 0 Å². The van der Waals surface area contributed by atoms with Gasteiger partial charge in [0.05, 0.1) is 18.5 Å². The van der Waals surface area contributed by atoms with Crippen molar-refractivity contribution in [3.05, 3.63) is 119 Å². The zero-order chi connectivity index (χ0) is 28.9. The molecule has 10 heteroatoms. The quantitative estimate of drug-likeness (QED) is 0.237. The zero-order valence-corrected chi connectivity index (χ0v) is 22.9. The van der Waals surface area contributed by atoms with Crippen LogP contribution in [0.2, 0.25) is 0 Å². The van der Waals surface area contributed by atoms with Gasteiger partial charge in [0, 0.05) is 11.9 Å². The smallest absolute Gasteiger partial charge is 0.273 e. The van der Waals surface area contributed by atoms with Crippen LogP contribution < -0.4 is 26.4 Å². The fraction of sp³-hybridized carbons (Fsp3) is 0.0968. The minimum atomic E-state index is -1.12. The molecule has 1 heterocycles. The summed E-state index contributed by atoms with van der Waals surface area (Å²) in [6.45, 7) is 0.248. The molecule has 0 saturated heterocycles. The minimum absolute atomic E-state index is 0.00102. The van der Waals surface area contributed by atoms with Crippen molar-refractivity contribution in [2.75, 3.05) is 17.7 Å². The summed E-state index contributed by atoms with van der Waals surface area (Å²) < 4.78 is 9.36. The molecular weight excluding hydrogens is 538 g/mol. The van der Waals surface area contributed by atoms with Crippen LogP contribution in [-0.4, -0.2) is 29.2 Å². The number of benzene rings is 4. The molecule has 0 saturated carbocycles. The van der Waals surface area contributed by atoms with Gasteiger partial charge in [-0.1, -0.05) is 78.9 Å². The maximum atomic E-state index is 14.4. The lowest BCUT2D eigenvalue weighted by atomic mass is 10.00. The highest BCUT2D eigenvalue weighted by molar-refractivity contribution is 7.09. The summed E-state index contributed by atoms with van der Waals surface area (Å²) in [7, 11) is 1.55. The predicted octanol–water partition coefficient (Wildman–Crippen LogP) is 4.69. The van der Waals surface area contributed by atoms with Crippen LogP contribution in [0.5, 0.6) is 5.75 Å². The molecule has 0 aliphatic carbocycles. The maximum Gasteiger partial charge on any atom is 0.273 e. The van der Waals surface area contributed by atoms with E-state index in [0.29, 0.717) is 17.0 Å². The Balaban J connectivity index is 1.69. The minimum Gasteiger partial charge on any atom is -0.497 e. The molecule has 206 valence electrons. The van der Waals surface area contributed by atoms with E-state index in [4.69, 9.17) is 16.2 Å². The number of carbonyl (C=O) groups is 3. The summed E-state index contributed by atoms with van der Waals surface area (Å²) in [6, 6.07) is 28.3. The highest BCUT2D eigenvalue weighted by Gasteiger charge is 2.36. The standard InChI is InChI=1S/C31H27N5O4S/c1-40-22-16-14-21(15-17-22)27(30(38)34-18-19-8-3-2-4-9-19)36(24-13-7-11-20-10-5-6-12-23(20)24)31(39)28-25(32)26(29(33)37)35-41-28/h2-17,27H,18,32H2,1H3,(H2,33,37)(H,34,38)/t27-/m0/s1.